The molecule has 9 heteroatoms. The molecule has 2 aromatic heterocycles. The van der Waals surface area contributed by atoms with Crippen LogP contribution in [0.3, 0.4) is 0 Å². The third kappa shape index (κ3) is 3.83. The van der Waals surface area contributed by atoms with Gasteiger partial charge in [0.1, 0.15) is 17.2 Å². The van der Waals surface area contributed by atoms with Gasteiger partial charge in [0.2, 0.25) is 0 Å². The molecule has 27 heavy (non-hydrogen) atoms. The Kier molecular flexibility index (Phi) is 5.80. The number of hydrogen-bond donors (Lipinski definition) is 3. The fourth-order valence-electron chi connectivity index (χ4n) is 2.67. The molecule has 0 bridgehead atoms. The number of nitrogens with zero attached hydrogens (tertiary/aromatic N) is 1. The lowest BCUT2D eigenvalue weighted by Crippen LogP contribution is -2.29. The first kappa shape index (κ1) is 19.4. The zero-order chi connectivity index (χ0) is 19.6. The van der Waals surface area contributed by atoms with E-state index in [9.17, 15) is 14.0 Å². The fraction of sp³-hybridized carbons (Fsp3) is 0.222. The fourth-order valence-corrected chi connectivity index (χ4v) is 3.13. The third-order valence-corrected chi connectivity index (χ3v) is 4.70. The van der Waals surface area contributed by atoms with Crippen LogP contribution in [0, 0.1) is 9.39 Å². The van der Waals surface area contributed by atoms with Gasteiger partial charge in [0.05, 0.1) is 17.3 Å². The van der Waals surface area contributed by atoms with Crippen molar-refractivity contribution in [3.8, 4) is 0 Å². The molecule has 1 amide bonds. The highest BCUT2D eigenvalue weighted by Gasteiger charge is 2.23. The first-order valence-electron chi connectivity index (χ1n) is 8.15. The van der Waals surface area contributed by atoms with Crippen molar-refractivity contribution in [2.75, 3.05) is 18.5 Å². The lowest BCUT2D eigenvalue weighted by atomic mass is 10.1. The molecule has 0 atom stereocenters. The summed E-state index contributed by atoms with van der Waals surface area (Å²) in [6, 6.07) is 6.06. The third-order valence-electron chi connectivity index (χ3n) is 4.03. The normalized spacial score (nSPS) is 11.0. The van der Waals surface area contributed by atoms with Crippen LogP contribution < -0.4 is 16.2 Å². The molecular formula is C18H17FIN3O4. The van der Waals surface area contributed by atoms with Crippen molar-refractivity contribution in [1.29, 1.82) is 0 Å². The van der Waals surface area contributed by atoms with Crippen molar-refractivity contribution < 1.29 is 18.7 Å². The van der Waals surface area contributed by atoms with Crippen molar-refractivity contribution in [2.24, 2.45) is 7.05 Å². The second kappa shape index (κ2) is 8.09. The molecule has 7 nitrogen and oxygen atoms in total. The van der Waals surface area contributed by atoms with Gasteiger partial charge in [-0.25, -0.2) is 4.39 Å². The molecule has 0 saturated carbocycles. The van der Waals surface area contributed by atoms with Crippen LogP contribution in [0.5, 0.6) is 0 Å². The minimum absolute atomic E-state index is 0.0668. The van der Waals surface area contributed by atoms with Crippen LogP contribution in [-0.4, -0.2) is 28.7 Å². The highest BCUT2D eigenvalue weighted by atomic mass is 127. The number of halogens is 2. The van der Waals surface area contributed by atoms with Crippen LogP contribution in [0.25, 0.3) is 11.0 Å². The molecule has 0 fully saturated rings. The molecule has 0 unspecified atom stereocenters. The summed E-state index contributed by atoms with van der Waals surface area (Å²) in [5.74, 6) is -0.892. The Morgan fingerprint density at radius 2 is 2.15 bits per heavy atom. The maximum Gasteiger partial charge on any atom is 0.263 e. The number of pyridine rings is 1. The van der Waals surface area contributed by atoms with Crippen LogP contribution in [0.4, 0.5) is 15.9 Å². The van der Waals surface area contributed by atoms with Crippen molar-refractivity contribution in [3.63, 3.8) is 0 Å². The average Bonchev–Trinajstić information content (AvgIpc) is 3.11. The number of rotatable bonds is 6. The van der Waals surface area contributed by atoms with E-state index >= 15 is 0 Å². The van der Waals surface area contributed by atoms with Gasteiger partial charge >= 0.3 is 0 Å². The lowest BCUT2D eigenvalue weighted by molar-refractivity contribution is 0.0952. The number of nitrogens with one attached hydrogen (secondary N) is 2. The zero-order valence-corrected chi connectivity index (χ0v) is 16.5. The molecule has 0 aliphatic heterocycles. The van der Waals surface area contributed by atoms with Gasteiger partial charge in [-0.2, -0.15) is 0 Å². The molecule has 2 heterocycles. The van der Waals surface area contributed by atoms with Crippen LogP contribution in [-0.2, 0) is 7.05 Å². The van der Waals surface area contributed by atoms with Gasteiger partial charge in [-0.3, -0.25) is 14.2 Å². The van der Waals surface area contributed by atoms with E-state index in [0.29, 0.717) is 9.99 Å². The first-order valence-corrected chi connectivity index (χ1v) is 9.23. The predicted octanol–water partition coefficient (Wildman–Crippen LogP) is 2.73. The minimum Gasteiger partial charge on any atom is -0.463 e. The van der Waals surface area contributed by atoms with Gasteiger partial charge in [0.25, 0.3) is 11.5 Å². The van der Waals surface area contributed by atoms with E-state index in [1.807, 2.05) is 22.6 Å². The number of carbonyl (C=O) groups is 1. The Morgan fingerprint density at radius 3 is 2.85 bits per heavy atom. The number of aliphatic hydroxyl groups is 1. The van der Waals surface area contributed by atoms with Crippen molar-refractivity contribution in [3.05, 3.63) is 55.8 Å². The SMILES string of the molecule is Cn1c(Nc2ccc(I)cc2F)c(C(=O)NCCCO)c2occc2c1=O. The average molecular weight is 485 g/mol. The van der Waals surface area contributed by atoms with E-state index in [-0.39, 0.29) is 46.7 Å². The molecule has 3 rings (SSSR count). The smallest absolute Gasteiger partial charge is 0.263 e. The Balaban J connectivity index is 2.14. The van der Waals surface area contributed by atoms with E-state index in [1.54, 1.807) is 6.07 Å². The Bertz CT molecular complexity index is 1060. The van der Waals surface area contributed by atoms with Crippen LogP contribution in [0.1, 0.15) is 16.8 Å². The van der Waals surface area contributed by atoms with Crippen molar-refractivity contribution >= 4 is 51.0 Å². The second-order valence-electron chi connectivity index (χ2n) is 5.83. The van der Waals surface area contributed by atoms with Crippen LogP contribution in [0.2, 0.25) is 0 Å². The highest BCUT2D eigenvalue weighted by molar-refractivity contribution is 14.1. The molecule has 142 valence electrons. The number of benzene rings is 1. The lowest BCUT2D eigenvalue weighted by Gasteiger charge is -2.17. The molecule has 0 radical (unpaired) electrons. The minimum atomic E-state index is -0.513. The van der Waals surface area contributed by atoms with Gasteiger partial charge in [-0.1, -0.05) is 0 Å². The van der Waals surface area contributed by atoms with E-state index in [2.05, 4.69) is 10.6 Å². The summed E-state index contributed by atoms with van der Waals surface area (Å²) < 4.78 is 21.6. The van der Waals surface area contributed by atoms with E-state index in [0.717, 1.165) is 0 Å². The van der Waals surface area contributed by atoms with Gasteiger partial charge in [-0.15, -0.1) is 0 Å². The highest BCUT2D eigenvalue weighted by Crippen LogP contribution is 2.28. The number of fused-ring (bicyclic) bond motifs is 1. The second-order valence-corrected chi connectivity index (χ2v) is 7.08. The summed E-state index contributed by atoms with van der Waals surface area (Å²) in [6.07, 6.45) is 1.71. The van der Waals surface area contributed by atoms with Crippen molar-refractivity contribution in [1.82, 2.24) is 9.88 Å². The number of aliphatic hydroxyl groups excluding tert-OH is 1. The molecule has 3 N–H and O–H groups in total. The summed E-state index contributed by atoms with van der Waals surface area (Å²) >= 11 is 1.99. The largest absolute Gasteiger partial charge is 0.463 e. The maximum atomic E-state index is 14.3. The predicted molar refractivity (Wildman–Crippen MR) is 108 cm³/mol. The Hall–Kier alpha value is -2.40. The molecule has 3 aromatic rings. The Morgan fingerprint density at radius 1 is 1.37 bits per heavy atom. The maximum absolute atomic E-state index is 14.3. The van der Waals surface area contributed by atoms with E-state index in [1.165, 1.54) is 36.1 Å². The molecule has 0 spiro atoms. The summed E-state index contributed by atoms with van der Waals surface area (Å²) in [5.41, 5.74) is -0.0409. The molecule has 0 saturated heterocycles. The van der Waals surface area contributed by atoms with Crippen LogP contribution in [0.15, 0.2) is 39.7 Å². The van der Waals surface area contributed by atoms with Crippen LogP contribution >= 0.6 is 22.6 Å². The molecule has 1 aromatic carbocycles. The van der Waals surface area contributed by atoms with E-state index < -0.39 is 11.7 Å². The van der Waals surface area contributed by atoms with Gasteiger partial charge in [-0.05, 0) is 53.3 Å². The Labute approximate surface area is 167 Å². The summed E-state index contributed by atoms with van der Waals surface area (Å²) in [7, 11) is 1.49. The standard InChI is InChI=1S/C18H17FIN3O4/c1-23-16(22-13-4-3-10(20)9-12(13)19)14(17(25)21-6-2-7-24)15-11(18(23)26)5-8-27-15/h3-5,8-9,22,24H,2,6-7H2,1H3,(H,21,25). The van der Waals surface area contributed by atoms with E-state index in [4.69, 9.17) is 9.52 Å². The molecule has 0 aliphatic rings. The molecule has 0 aliphatic carbocycles. The zero-order valence-electron chi connectivity index (χ0n) is 14.4. The quantitative estimate of drug-likeness (QED) is 0.369. The summed E-state index contributed by atoms with van der Waals surface area (Å²) in [6.45, 7) is 0.181. The molecular weight excluding hydrogens is 468 g/mol. The number of amides is 1. The number of carbonyl (C=O) groups excluding carboxylic acids is 1. The number of aromatic nitrogens is 1. The van der Waals surface area contributed by atoms with Gasteiger partial charge in [0.15, 0.2) is 5.58 Å². The summed E-state index contributed by atoms with van der Waals surface area (Å²) in [4.78, 5) is 25.3. The monoisotopic (exact) mass is 485 g/mol. The number of furan rings is 1. The number of anilines is 2. The van der Waals surface area contributed by atoms with Crippen molar-refractivity contribution in [2.45, 2.75) is 6.42 Å². The first-order chi connectivity index (χ1) is 12.9. The topological polar surface area (TPSA) is 96.5 Å². The summed E-state index contributed by atoms with van der Waals surface area (Å²) in [5, 5.41) is 14.7. The van der Waals surface area contributed by atoms with Gasteiger partial charge in [0, 0.05) is 23.8 Å². The van der Waals surface area contributed by atoms with Gasteiger partial charge < -0.3 is 20.2 Å². The number of hydrogen-bond acceptors (Lipinski definition) is 5.